The summed E-state index contributed by atoms with van der Waals surface area (Å²) in [6.07, 6.45) is 10.0. The molecule has 1 aliphatic carbocycles. The topological polar surface area (TPSA) is 54.9 Å². The first kappa shape index (κ1) is 16.0. The van der Waals surface area contributed by atoms with Gasteiger partial charge in [-0.2, -0.15) is 5.10 Å². The van der Waals surface area contributed by atoms with Crippen LogP contribution in [0.5, 0.6) is 0 Å². The van der Waals surface area contributed by atoms with Crippen molar-refractivity contribution in [3.05, 3.63) is 42.1 Å². The summed E-state index contributed by atoms with van der Waals surface area (Å²) in [6, 6.07) is 7.98. The fourth-order valence-electron chi connectivity index (χ4n) is 2.79. The average Bonchev–Trinajstić information content (AvgIpc) is 2.61. The molecular formula is C18H21N3OS. The van der Waals surface area contributed by atoms with Crippen LogP contribution in [0.3, 0.4) is 0 Å². The molecule has 4 nitrogen and oxygen atoms in total. The number of nitrogens with zero attached hydrogens (tertiary/aromatic N) is 2. The number of hydrogen-bond acceptors (Lipinski definition) is 4. The summed E-state index contributed by atoms with van der Waals surface area (Å²) in [6.45, 7) is 0.729. The van der Waals surface area contributed by atoms with Gasteiger partial charge in [0.2, 0.25) is 5.91 Å². The van der Waals surface area contributed by atoms with Crippen LogP contribution in [0.2, 0.25) is 0 Å². The molecule has 2 aromatic rings. The van der Waals surface area contributed by atoms with Crippen LogP contribution in [0, 0.1) is 0 Å². The minimum atomic E-state index is 0.0566. The molecular weight excluding hydrogens is 306 g/mol. The van der Waals surface area contributed by atoms with E-state index < -0.39 is 0 Å². The third-order valence-electron chi connectivity index (χ3n) is 4.03. The fraction of sp³-hybridized carbons (Fsp3) is 0.389. The Kier molecular flexibility index (Phi) is 5.64. The summed E-state index contributed by atoms with van der Waals surface area (Å²) >= 11 is 1.44. The molecule has 0 atom stereocenters. The van der Waals surface area contributed by atoms with Crippen molar-refractivity contribution >= 4 is 28.4 Å². The highest BCUT2D eigenvalue weighted by Crippen LogP contribution is 2.24. The molecule has 120 valence electrons. The van der Waals surface area contributed by atoms with Crippen LogP contribution in [0.1, 0.15) is 32.1 Å². The van der Waals surface area contributed by atoms with Gasteiger partial charge in [0.15, 0.2) is 0 Å². The summed E-state index contributed by atoms with van der Waals surface area (Å²) in [4.78, 5) is 12.0. The number of thioether (sulfide) groups is 1. The standard InChI is InChI=1S/C18H21N3OS/c22-17(19-11-10-14-6-2-1-3-7-14)13-23-18-16-9-5-4-8-15(16)12-20-21-18/h4-6,8-9,12H,1-3,7,10-11,13H2,(H,19,22). The van der Waals surface area contributed by atoms with Crippen molar-refractivity contribution in [3.8, 4) is 0 Å². The van der Waals surface area contributed by atoms with Gasteiger partial charge < -0.3 is 5.32 Å². The Hall–Kier alpha value is -1.88. The predicted octanol–water partition coefficient (Wildman–Crippen LogP) is 3.73. The van der Waals surface area contributed by atoms with E-state index in [0.717, 1.165) is 28.8 Å². The van der Waals surface area contributed by atoms with E-state index in [1.165, 1.54) is 43.0 Å². The van der Waals surface area contributed by atoms with Gasteiger partial charge in [-0.3, -0.25) is 4.79 Å². The van der Waals surface area contributed by atoms with Gasteiger partial charge in [0.05, 0.1) is 11.9 Å². The van der Waals surface area contributed by atoms with Crippen LogP contribution in [0.15, 0.2) is 47.1 Å². The second kappa shape index (κ2) is 8.11. The molecule has 1 aliphatic rings. The number of allylic oxidation sites excluding steroid dienone is 1. The van der Waals surface area contributed by atoms with Gasteiger partial charge in [0.1, 0.15) is 5.03 Å². The number of carbonyl (C=O) groups is 1. The molecule has 5 heteroatoms. The third-order valence-corrected chi connectivity index (χ3v) is 5.01. The van der Waals surface area contributed by atoms with Gasteiger partial charge in [-0.1, -0.05) is 47.7 Å². The molecule has 0 radical (unpaired) electrons. The zero-order valence-corrected chi connectivity index (χ0v) is 13.9. The SMILES string of the molecule is O=C(CSc1nncc2ccccc12)NCCC1=CCCCC1. The normalized spacial score (nSPS) is 14.5. The molecule has 0 unspecified atom stereocenters. The predicted molar refractivity (Wildman–Crippen MR) is 94.4 cm³/mol. The van der Waals surface area contributed by atoms with Crippen LogP contribution in [0.25, 0.3) is 10.8 Å². The molecule has 23 heavy (non-hydrogen) atoms. The summed E-state index contributed by atoms with van der Waals surface area (Å²) in [5.74, 6) is 0.433. The number of fused-ring (bicyclic) bond motifs is 1. The van der Waals surface area contributed by atoms with Crippen molar-refractivity contribution < 1.29 is 4.79 Å². The van der Waals surface area contributed by atoms with Crippen molar-refractivity contribution in [2.75, 3.05) is 12.3 Å². The van der Waals surface area contributed by atoms with E-state index in [4.69, 9.17) is 0 Å². The van der Waals surface area contributed by atoms with Gasteiger partial charge in [0.25, 0.3) is 0 Å². The Morgan fingerprint density at radius 3 is 3.04 bits per heavy atom. The number of amides is 1. The van der Waals surface area contributed by atoms with E-state index in [2.05, 4.69) is 21.6 Å². The highest BCUT2D eigenvalue weighted by molar-refractivity contribution is 8.00. The van der Waals surface area contributed by atoms with Crippen LogP contribution >= 0.6 is 11.8 Å². The highest BCUT2D eigenvalue weighted by Gasteiger charge is 2.08. The lowest BCUT2D eigenvalue weighted by Crippen LogP contribution is -2.26. The van der Waals surface area contributed by atoms with Gasteiger partial charge in [-0.15, -0.1) is 5.10 Å². The first-order chi connectivity index (χ1) is 11.3. The largest absolute Gasteiger partial charge is 0.355 e. The lowest BCUT2D eigenvalue weighted by atomic mass is 9.97. The molecule has 1 amide bonds. The maximum atomic E-state index is 12.0. The lowest BCUT2D eigenvalue weighted by Gasteiger charge is -2.12. The molecule has 1 aromatic heterocycles. The van der Waals surface area contributed by atoms with E-state index in [0.29, 0.717) is 5.75 Å². The molecule has 1 heterocycles. The number of hydrogen-bond donors (Lipinski definition) is 1. The van der Waals surface area contributed by atoms with Crippen molar-refractivity contribution in [1.29, 1.82) is 0 Å². The van der Waals surface area contributed by atoms with Crippen LogP contribution < -0.4 is 5.32 Å². The van der Waals surface area contributed by atoms with Gasteiger partial charge in [-0.25, -0.2) is 0 Å². The van der Waals surface area contributed by atoms with Gasteiger partial charge >= 0.3 is 0 Å². The van der Waals surface area contributed by atoms with Crippen molar-refractivity contribution in [1.82, 2.24) is 15.5 Å². The Morgan fingerprint density at radius 1 is 1.26 bits per heavy atom. The summed E-state index contributed by atoms with van der Waals surface area (Å²) in [5.41, 5.74) is 1.49. The van der Waals surface area contributed by atoms with E-state index in [1.54, 1.807) is 6.20 Å². The van der Waals surface area contributed by atoms with E-state index in [-0.39, 0.29) is 5.91 Å². The molecule has 0 bridgehead atoms. The first-order valence-corrected chi connectivity index (χ1v) is 9.09. The molecule has 0 saturated heterocycles. The molecule has 1 aromatic carbocycles. The minimum Gasteiger partial charge on any atom is -0.355 e. The van der Waals surface area contributed by atoms with Crippen LogP contribution in [-0.4, -0.2) is 28.4 Å². The molecule has 3 rings (SSSR count). The monoisotopic (exact) mass is 327 g/mol. The number of aromatic nitrogens is 2. The summed E-state index contributed by atoms with van der Waals surface area (Å²) in [7, 11) is 0. The smallest absolute Gasteiger partial charge is 0.230 e. The Bertz CT molecular complexity index is 709. The van der Waals surface area contributed by atoms with E-state index in [9.17, 15) is 4.79 Å². The maximum Gasteiger partial charge on any atom is 0.230 e. The highest BCUT2D eigenvalue weighted by atomic mass is 32.2. The van der Waals surface area contributed by atoms with Crippen molar-refractivity contribution in [3.63, 3.8) is 0 Å². The zero-order chi connectivity index (χ0) is 15.9. The van der Waals surface area contributed by atoms with Crippen LogP contribution in [0.4, 0.5) is 0 Å². The van der Waals surface area contributed by atoms with Crippen LogP contribution in [-0.2, 0) is 4.79 Å². The van der Waals surface area contributed by atoms with Crippen molar-refractivity contribution in [2.45, 2.75) is 37.1 Å². The van der Waals surface area contributed by atoms with E-state index in [1.807, 2.05) is 24.3 Å². The Morgan fingerprint density at radius 2 is 2.17 bits per heavy atom. The molecule has 1 N–H and O–H groups in total. The molecule has 0 spiro atoms. The fourth-order valence-corrected chi connectivity index (χ4v) is 3.60. The second-order valence-electron chi connectivity index (χ2n) is 5.73. The van der Waals surface area contributed by atoms with Gasteiger partial charge in [-0.05, 0) is 32.1 Å². The third kappa shape index (κ3) is 4.55. The minimum absolute atomic E-state index is 0.0566. The quantitative estimate of drug-likeness (QED) is 0.649. The van der Waals surface area contributed by atoms with Gasteiger partial charge in [0, 0.05) is 17.3 Å². The average molecular weight is 327 g/mol. The number of nitrogens with one attached hydrogen (secondary N) is 1. The Labute approximate surface area is 140 Å². The summed E-state index contributed by atoms with van der Waals surface area (Å²) < 4.78 is 0. The van der Waals surface area contributed by atoms with Crippen molar-refractivity contribution in [2.24, 2.45) is 0 Å². The number of rotatable bonds is 6. The van der Waals surface area contributed by atoms with E-state index >= 15 is 0 Å². The maximum absolute atomic E-state index is 12.0. The molecule has 0 fully saturated rings. The Balaban J connectivity index is 1.47. The number of carbonyl (C=O) groups excluding carboxylic acids is 1. The lowest BCUT2D eigenvalue weighted by molar-refractivity contribution is -0.118. The number of benzene rings is 1. The molecule has 0 aliphatic heterocycles. The summed E-state index contributed by atoms with van der Waals surface area (Å²) in [5, 5.41) is 14.1. The first-order valence-electron chi connectivity index (χ1n) is 8.11. The zero-order valence-electron chi connectivity index (χ0n) is 13.1. The second-order valence-corrected chi connectivity index (χ2v) is 6.70. The molecule has 0 saturated carbocycles.